The Bertz CT molecular complexity index is 389. The maximum atomic E-state index is 11.8. The van der Waals surface area contributed by atoms with Crippen molar-refractivity contribution in [3.63, 3.8) is 0 Å². The molecule has 16 heavy (non-hydrogen) atoms. The van der Waals surface area contributed by atoms with Gasteiger partial charge in [-0.2, -0.15) is 0 Å². The fourth-order valence-electron chi connectivity index (χ4n) is 1.28. The van der Waals surface area contributed by atoms with Gasteiger partial charge >= 0.3 is 0 Å². The third-order valence-corrected chi connectivity index (χ3v) is 2.35. The molecule has 0 radical (unpaired) electrons. The molecule has 0 fully saturated rings. The van der Waals surface area contributed by atoms with E-state index < -0.39 is 0 Å². The highest BCUT2D eigenvalue weighted by Gasteiger charge is 2.11. The van der Waals surface area contributed by atoms with Crippen LogP contribution in [0.3, 0.4) is 0 Å². The first-order valence-corrected chi connectivity index (χ1v) is 5.88. The number of nitrogens with zero attached hydrogens (tertiary/aromatic N) is 1. The van der Waals surface area contributed by atoms with E-state index in [9.17, 15) is 4.79 Å². The van der Waals surface area contributed by atoms with Crippen LogP contribution in [0.4, 0.5) is 0 Å². The Morgan fingerprint density at radius 2 is 1.94 bits per heavy atom. The standard InChI is InChI=1S/C12H16BrNO2/c1-8(2)16-11-6-9(5-10(13)7-11)12(15)14(3)4/h5-8H,1-4H3. The normalized spacial score (nSPS) is 10.4. The molecule has 0 spiro atoms. The van der Waals surface area contributed by atoms with Crippen LogP contribution < -0.4 is 4.74 Å². The molecule has 0 atom stereocenters. The van der Waals surface area contributed by atoms with Gasteiger partial charge in [0.05, 0.1) is 6.10 Å². The van der Waals surface area contributed by atoms with Crippen LogP contribution in [0.2, 0.25) is 0 Å². The van der Waals surface area contributed by atoms with Crippen molar-refractivity contribution in [3.05, 3.63) is 28.2 Å². The largest absolute Gasteiger partial charge is 0.491 e. The lowest BCUT2D eigenvalue weighted by molar-refractivity contribution is 0.0827. The zero-order valence-electron chi connectivity index (χ0n) is 9.95. The van der Waals surface area contributed by atoms with E-state index in [4.69, 9.17) is 4.74 Å². The molecular weight excluding hydrogens is 270 g/mol. The summed E-state index contributed by atoms with van der Waals surface area (Å²) in [6.45, 7) is 3.91. The first kappa shape index (κ1) is 13.0. The second-order valence-corrected chi connectivity index (χ2v) is 4.96. The SMILES string of the molecule is CC(C)Oc1cc(Br)cc(C(=O)N(C)C)c1. The van der Waals surface area contributed by atoms with Gasteiger partial charge in [-0.3, -0.25) is 4.79 Å². The monoisotopic (exact) mass is 285 g/mol. The molecule has 4 heteroatoms. The van der Waals surface area contributed by atoms with Gasteiger partial charge in [0.1, 0.15) is 5.75 Å². The number of amides is 1. The van der Waals surface area contributed by atoms with E-state index in [0.29, 0.717) is 11.3 Å². The van der Waals surface area contributed by atoms with Gasteiger partial charge in [0, 0.05) is 24.1 Å². The molecule has 0 unspecified atom stereocenters. The number of hydrogen-bond acceptors (Lipinski definition) is 2. The van der Waals surface area contributed by atoms with Crippen molar-refractivity contribution in [2.45, 2.75) is 20.0 Å². The van der Waals surface area contributed by atoms with Gasteiger partial charge in [-0.15, -0.1) is 0 Å². The van der Waals surface area contributed by atoms with E-state index in [1.165, 1.54) is 0 Å². The summed E-state index contributed by atoms with van der Waals surface area (Å²) >= 11 is 3.37. The Balaban J connectivity index is 3.03. The fraction of sp³-hybridized carbons (Fsp3) is 0.417. The molecule has 0 saturated heterocycles. The molecule has 1 aromatic rings. The zero-order valence-corrected chi connectivity index (χ0v) is 11.5. The molecular formula is C12H16BrNO2. The molecule has 1 amide bonds. The summed E-state index contributed by atoms with van der Waals surface area (Å²) in [5.41, 5.74) is 0.620. The quantitative estimate of drug-likeness (QED) is 0.855. The predicted molar refractivity (Wildman–Crippen MR) is 67.9 cm³/mol. The molecule has 0 aliphatic carbocycles. The highest BCUT2D eigenvalue weighted by Crippen LogP contribution is 2.23. The molecule has 0 saturated carbocycles. The van der Waals surface area contributed by atoms with Gasteiger partial charge in [-0.25, -0.2) is 0 Å². The van der Waals surface area contributed by atoms with Gasteiger partial charge in [0.2, 0.25) is 0 Å². The number of halogens is 1. The molecule has 0 N–H and O–H groups in total. The number of carbonyl (C=O) groups is 1. The molecule has 0 heterocycles. The number of carbonyl (C=O) groups excluding carboxylic acids is 1. The van der Waals surface area contributed by atoms with E-state index in [-0.39, 0.29) is 12.0 Å². The van der Waals surface area contributed by atoms with Crippen molar-refractivity contribution in [1.82, 2.24) is 4.90 Å². The predicted octanol–water partition coefficient (Wildman–Crippen LogP) is 2.94. The number of hydrogen-bond donors (Lipinski definition) is 0. The van der Waals surface area contributed by atoms with Crippen LogP contribution in [-0.4, -0.2) is 31.0 Å². The second-order valence-electron chi connectivity index (χ2n) is 4.04. The van der Waals surface area contributed by atoms with Crippen LogP contribution in [0.5, 0.6) is 5.75 Å². The second kappa shape index (κ2) is 5.34. The average molecular weight is 286 g/mol. The highest BCUT2D eigenvalue weighted by atomic mass is 79.9. The molecule has 88 valence electrons. The lowest BCUT2D eigenvalue weighted by atomic mass is 10.2. The van der Waals surface area contributed by atoms with Crippen molar-refractivity contribution in [3.8, 4) is 5.75 Å². The Morgan fingerprint density at radius 3 is 2.44 bits per heavy atom. The first-order valence-electron chi connectivity index (χ1n) is 5.09. The molecule has 0 aliphatic heterocycles. The summed E-state index contributed by atoms with van der Waals surface area (Å²) in [6.07, 6.45) is 0.0941. The average Bonchev–Trinajstić information content (AvgIpc) is 2.14. The Kier molecular flexibility index (Phi) is 4.35. The van der Waals surface area contributed by atoms with E-state index in [1.807, 2.05) is 19.9 Å². The minimum atomic E-state index is -0.0325. The van der Waals surface area contributed by atoms with Crippen molar-refractivity contribution in [1.29, 1.82) is 0 Å². The summed E-state index contributed by atoms with van der Waals surface area (Å²) in [5.74, 6) is 0.671. The summed E-state index contributed by atoms with van der Waals surface area (Å²) in [6, 6.07) is 5.40. The minimum Gasteiger partial charge on any atom is -0.491 e. The van der Waals surface area contributed by atoms with Crippen molar-refractivity contribution in [2.24, 2.45) is 0 Å². The Labute approximate surface area is 105 Å². The van der Waals surface area contributed by atoms with Crippen LogP contribution in [0.1, 0.15) is 24.2 Å². The van der Waals surface area contributed by atoms with Gasteiger partial charge in [0.25, 0.3) is 5.91 Å². The number of ether oxygens (including phenoxy) is 1. The van der Waals surface area contributed by atoms with Crippen molar-refractivity contribution in [2.75, 3.05) is 14.1 Å². The smallest absolute Gasteiger partial charge is 0.253 e. The van der Waals surface area contributed by atoms with E-state index in [2.05, 4.69) is 15.9 Å². The maximum Gasteiger partial charge on any atom is 0.253 e. The number of rotatable bonds is 3. The molecule has 1 rings (SSSR count). The van der Waals surface area contributed by atoms with Gasteiger partial charge in [0.15, 0.2) is 0 Å². The summed E-state index contributed by atoms with van der Waals surface area (Å²) < 4.78 is 6.41. The van der Waals surface area contributed by atoms with E-state index in [1.54, 1.807) is 31.1 Å². The molecule has 0 aromatic heterocycles. The fourth-order valence-corrected chi connectivity index (χ4v) is 1.76. The summed E-state index contributed by atoms with van der Waals surface area (Å²) in [5, 5.41) is 0. The topological polar surface area (TPSA) is 29.5 Å². The Hall–Kier alpha value is -1.03. The van der Waals surface area contributed by atoms with Gasteiger partial charge < -0.3 is 9.64 Å². The molecule has 0 aliphatic rings. The van der Waals surface area contributed by atoms with Crippen LogP contribution >= 0.6 is 15.9 Å². The van der Waals surface area contributed by atoms with Crippen LogP contribution in [0.15, 0.2) is 22.7 Å². The maximum absolute atomic E-state index is 11.8. The lowest BCUT2D eigenvalue weighted by Crippen LogP contribution is -2.21. The lowest BCUT2D eigenvalue weighted by Gasteiger charge is -2.14. The van der Waals surface area contributed by atoms with Crippen molar-refractivity contribution >= 4 is 21.8 Å². The Morgan fingerprint density at radius 1 is 1.31 bits per heavy atom. The minimum absolute atomic E-state index is 0.0325. The third-order valence-electron chi connectivity index (χ3n) is 1.90. The highest BCUT2D eigenvalue weighted by molar-refractivity contribution is 9.10. The molecule has 1 aromatic carbocycles. The molecule has 3 nitrogen and oxygen atoms in total. The van der Waals surface area contributed by atoms with E-state index >= 15 is 0 Å². The van der Waals surface area contributed by atoms with Crippen molar-refractivity contribution < 1.29 is 9.53 Å². The summed E-state index contributed by atoms with van der Waals surface area (Å²) in [7, 11) is 3.46. The first-order chi connectivity index (χ1) is 7.40. The molecule has 0 bridgehead atoms. The van der Waals surface area contributed by atoms with E-state index in [0.717, 1.165) is 4.47 Å². The van der Waals surface area contributed by atoms with Crippen LogP contribution in [0, 0.1) is 0 Å². The van der Waals surface area contributed by atoms with Gasteiger partial charge in [-0.05, 0) is 32.0 Å². The summed E-state index contributed by atoms with van der Waals surface area (Å²) in [4.78, 5) is 13.3. The zero-order chi connectivity index (χ0) is 12.3. The number of benzene rings is 1. The van der Waals surface area contributed by atoms with Gasteiger partial charge in [-0.1, -0.05) is 15.9 Å². The van der Waals surface area contributed by atoms with Crippen LogP contribution in [0.25, 0.3) is 0 Å². The third kappa shape index (κ3) is 3.52. The van der Waals surface area contributed by atoms with Crippen LogP contribution in [-0.2, 0) is 0 Å².